The zero-order chi connectivity index (χ0) is 18.2. The molecule has 0 aliphatic rings. The van der Waals surface area contributed by atoms with Gasteiger partial charge in [0.15, 0.2) is 0 Å². The summed E-state index contributed by atoms with van der Waals surface area (Å²) in [5.41, 5.74) is 0.467. The molecular weight excluding hydrogens is 296 g/mol. The van der Waals surface area contributed by atoms with Crippen LogP contribution in [0.4, 0.5) is 0 Å². The second-order valence-electron chi connectivity index (χ2n) is 6.26. The first kappa shape index (κ1) is 21.1. The zero-order valence-corrected chi connectivity index (χ0v) is 15.3. The summed E-state index contributed by atoms with van der Waals surface area (Å²) < 4.78 is 4.98. The number of carbonyl (C=O) groups excluding carboxylic acids is 3. The Morgan fingerprint density at radius 3 is 2.13 bits per heavy atom. The van der Waals surface area contributed by atoms with E-state index >= 15 is 0 Å². The maximum atomic E-state index is 12.7. The third-order valence-electron chi connectivity index (χ3n) is 3.68. The van der Waals surface area contributed by atoms with E-state index in [9.17, 15) is 14.4 Å². The van der Waals surface area contributed by atoms with Crippen LogP contribution >= 0.6 is 0 Å². The van der Waals surface area contributed by atoms with Crippen LogP contribution in [-0.4, -0.2) is 48.9 Å². The van der Waals surface area contributed by atoms with Gasteiger partial charge in [-0.3, -0.25) is 9.59 Å². The van der Waals surface area contributed by atoms with E-state index < -0.39 is 6.04 Å². The Morgan fingerprint density at radius 2 is 1.74 bits per heavy atom. The van der Waals surface area contributed by atoms with Gasteiger partial charge in [0, 0.05) is 12.6 Å². The van der Waals surface area contributed by atoms with Gasteiger partial charge in [-0.05, 0) is 25.7 Å². The Morgan fingerprint density at radius 1 is 1.17 bits per heavy atom. The number of esters is 1. The molecule has 23 heavy (non-hydrogen) atoms. The smallest absolute Gasteiger partial charge is 0.333 e. The summed E-state index contributed by atoms with van der Waals surface area (Å²) in [4.78, 5) is 36.8. The van der Waals surface area contributed by atoms with Gasteiger partial charge in [0.2, 0.25) is 12.3 Å². The highest BCUT2D eigenvalue weighted by Gasteiger charge is 2.29. The Bertz CT molecular complexity index is 444. The molecule has 2 atom stereocenters. The first-order valence-electron chi connectivity index (χ1n) is 7.99. The zero-order valence-electron chi connectivity index (χ0n) is 15.3. The van der Waals surface area contributed by atoms with Gasteiger partial charge >= 0.3 is 5.97 Å². The average Bonchev–Trinajstić information content (AvgIpc) is 2.48. The molecule has 0 aromatic carbocycles. The fourth-order valence-electron chi connectivity index (χ4n) is 2.31. The maximum absolute atomic E-state index is 12.7. The van der Waals surface area contributed by atoms with Crippen molar-refractivity contribution in [3.63, 3.8) is 0 Å². The summed E-state index contributed by atoms with van der Waals surface area (Å²) in [6, 6.07) is -0.850. The van der Waals surface area contributed by atoms with Gasteiger partial charge in [0.1, 0.15) is 6.04 Å². The first-order valence-corrected chi connectivity index (χ1v) is 7.99. The van der Waals surface area contributed by atoms with Crippen LogP contribution < -0.4 is 5.32 Å². The SMILES string of the molecule is CCOC(=O)/C(C)=C/C(C(C)C)N(C)C(=O)C(NC=O)C(C)C. The molecule has 6 heteroatoms. The molecule has 0 bridgehead atoms. The lowest BCUT2D eigenvalue weighted by atomic mass is 9.97. The highest BCUT2D eigenvalue weighted by atomic mass is 16.5. The molecule has 0 heterocycles. The molecule has 0 saturated carbocycles. The van der Waals surface area contributed by atoms with Gasteiger partial charge in [-0.1, -0.05) is 33.8 Å². The third kappa shape index (κ3) is 6.42. The number of amides is 2. The van der Waals surface area contributed by atoms with Crippen molar-refractivity contribution in [3.05, 3.63) is 11.6 Å². The number of hydrogen-bond donors (Lipinski definition) is 1. The number of rotatable bonds is 9. The molecule has 0 radical (unpaired) electrons. The standard InChI is InChI=1S/C17H30N2O4/c1-8-23-17(22)13(6)9-14(11(2)3)19(7)16(21)15(12(4)5)18-10-20/h9-12,14-15H,8H2,1-7H3,(H,18,20)/b13-9+. The largest absolute Gasteiger partial charge is 0.463 e. The van der Waals surface area contributed by atoms with Crippen LogP contribution in [0.25, 0.3) is 0 Å². The Kier molecular flexibility index (Phi) is 9.22. The Labute approximate surface area is 139 Å². The summed E-state index contributed by atoms with van der Waals surface area (Å²) in [7, 11) is 1.68. The van der Waals surface area contributed by atoms with E-state index in [-0.39, 0.29) is 29.8 Å². The molecule has 2 amide bonds. The number of carbonyl (C=O) groups is 3. The van der Waals surface area contributed by atoms with E-state index in [1.54, 1.807) is 31.9 Å². The predicted octanol–water partition coefficient (Wildman–Crippen LogP) is 1.75. The van der Waals surface area contributed by atoms with Crippen molar-refractivity contribution in [2.24, 2.45) is 11.8 Å². The minimum Gasteiger partial charge on any atom is -0.463 e. The van der Waals surface area contributed by atoms with Crippen molar-refractivity contribution in [2.45, 2.75) is 53.6 Å². The number of hydrogen-bond acceptors (Lipinski definition) is 4. The summed E-state index contributed by atoms with van der Waals surface area (Å²) in [5.74, 6) is -0.486. The van der Waals surface area contributed by atoms with E-state index in [1.165, 1.54) is 0 Å². The maximum Gasteiger partial charge on any atom is 0.333 e. The summed E-state index contributed by atoms with van der Waals surface area (Å²) in [6.45, 7) is 11.4. The second-order valence-corrected chi connectivity index (χ2v) is 6.26. The number of nitrogens with one attached hydrogen (secondary N) is 1. The second kappa shape index (κ2) is 10.0. The molecule has 6 nitrogen and oxygen atoms in total. The van der Waals surface area contributed by atoms with Crippen LogP contribution in [0.3, 0.4) is 0 Å². The lowest BCUT2D eigenvalue weighted by Gasteiger charge is -2.33. The topological polar surface area (TPSA) is 75.7 Å². The van der Waals surface area contributed by atoms with Gasteiger partial charge in [0.05, 0.1) is 12.6 Å². The van der Waals surface area contributed by atoms with Crippen LogP contribution in [0.2, 0.25) is 0 Å². The molecule has 0 saturated heterocycles. The van der Waals surface area contributed by atoms with Crippen LogP contribution in [0.1, 0.15) is 41.5 Å². The van der Waals surface area contributed by atoms with E-state index in [0.717, 1.165) is 0 Å². The van der Waals surface area contributed by atoms with Gasteiger partial charge in [0.25, 0.3) is 0 Å². The molecule has 0 fully saturated rings. The van der Waals surface area contributed by atoms with Gasteiger partial charge < -0.3 is 15.0 Å². The molecule has 0 aliphatic carbocycles. The molecule has 0 spiro atoms. The van der Waals surface area contributed by atoms with Crippen molar-refractivity contribution in [3.8, 4) is 0 Å². The van der Waals surface area contributed by atoms with Crippen LogP contribution in [-0.2, 0) is 19.1 Å². The van der Waals surface area contributed by atoms with Gasteiger partial charge in [-0.25, -0.2) is 4.79 Å². The van der Waals surface area contributed by atoms with Crippen molar-refractivity contribution in [2.75, 3.05) is 13.7 Å². The van der Waals surface area contributed by atoms with Crippen molar-refractivity contribution in [1.29, 1.82) is 0 Å². The van der Waals surface area contributed by atoms with E-state index in [2.05, 4.69) is 5.32 Å². The first-order chi connectivity index (χ1) is 10.7. The highest BCUT2D eigenvalue weighted by Crippen LogP contribution is 2.16. The minimum absolute atomic E-state index is 0.0295. The van der Waals surface area contributed by atoms with Crippen molar-refractivity contribution in [1.82, 2.24) is 10.2 Å². The molecular formula is C17H30N2O4. The lowest BCUT2D eigenvalue weighted by molar-refractivity contribution is -0.139. The Balaban J connectivity index is 5.37. The number of ether oxygens (including phenoxy) is 1. The van der Waals surface area contributed by atoms with E-state index in [0.29, 0.717) is 18.6 Å². The van der Waals surface area contributed by atoms with Gasteiger partial charge in [-0.2, -0.15) is 0 Å². The van der Waals surface area contributed by atoms with E-state index in [4.69, 9.17) is 4.74 Å². The normalized spacial score (nSPS) is 14.4. The summed E-state index contributed by atoms with van der Waals surface area (Å²) >= 11 is 0. The molecule has 0 rings (SSSR count). The van der Waals surface area contributed by atoms with Crippen LogP contribution in [0, 0.1) is 11.8 Å². The van der Waals surface area contributed by atoms with E-state index in [1.807, 2.05) is 27.7 Å². The summed E-state index contributed by atoms with van der Waals surface area (Å²) in [6.07, 6.45) is 2.29. The summed E-state index contributed by atoms with van der Waals surface area (Å²) in [5, 5.41) is 2.57. The fraction of sp³-hybridized carbons (Fsp3) is 0.706. The molecule has 0 aromatic heterocycles. The number of nitrogens with zero attached hydrogens (tertiary/aromatic N) is 1. The Hall–Kier alpha value is -1.85. The number of likely N-dealkylation sites (N-methyl/N-ethyl adjacent to an activating group) is 1. The van der Waals surface area contributed by atoms with Crippen molar-refractivity contribution < 1.29 is 19.1 Å². The molecule has 2 unspecified atom stereocenters. The monoisotopic (exact) mass is 326 g/mol. The molecule has 0 aliphatic heterocycles. The van der Waals surface area contributed by atoms with Crippen LogP contribution in [0.15, 0.2) is 11.6 Å². The van der Waals surface area contributed by atoms with Gasteiger partial charge in [-0.15, -0.1) is 0 Å². The third-order valence-corrected chi connectivity index (χ3v) is 3.68. The predicted molar refractivity (Wildman–Crippen MR) is 89.6 cm³/mol. The lowest BCUT2D eigenvalue weighted by Crippen LogP contribution is -2.51. The fourth-order valence-corrected chi connectivity index (χ4v) is 2.31. The quantitative estimate of drug-likeness (QED) is 0.398. The average molecular weight is 326 g/mol. The molecule has 132 valence electrons. The highest BCUT2D eigenvalue weighted by molar-refractivity contribution is 5.88. The molecule has 0 aromatic rings. The minimum atomic E-state index is -0.588. The molecule has 1 N–H and O–H groups in total. The van der Waals surface area contributed by atoms with Crippen molar-refractivity contribution >= 4 is 18.3 Å². The van der Waals surface area contributed by atoms with Crippen LogP contribution in [0.5, 0.6) is 0 Å².